The molecule has 1 aliphatic heterocycles. The van der Waals surface area contributed by atoms with E-state index in [1.807, 2.05) is 31.2 Å². The summed E-state index contributed by atoms with van der Waals surface area (Å²) in [5, 5.41) is 2.70. The van der Waals surface area contributed by atoms with Crippen molar-refractivity contribution >= 4 is 29.3 Å². The number of hydrogen-bond acceptors (Lipinski definition) is 4. The summed E-state index contributed by atoms with van der Waals surface area (Å²) in [7, 11) is 1.71. The summed E-state index contributed by atoms with van der Waals surface area (Å²) in [5.41, 5.74) is 0.862. The van der Waals surface area contributed by atoms with Gasteiger partial charge in [-0.25, -0.2) is 0 Å². The Kier molecular flexibility index (Phi) is 5.41. The van der Waals surface area contributed by atoms with Gasteiger partial charge >= 0.3 is 0 Å². The molecule has 0 bridgehead atoms. The third-order valence-electron chi connectivity index (χ3n) is 2.97. The Balaban J connectivity index is 2.05. The predicted molar refractivity (Wildman–Crippen MR) is 83.3 cm³/mol. The fourth-order valence-electron chi connectivity index (χ4n) is 1.91. The van der Waals surface area contributed by atoms with E-state index in [9.17, 15) is 9.59 Å². The van der Waals surface area contributed by atoms with Crippen LogP contribution in [0.1, 0.15) is 6.92 Å². The lowest BCUT2D eigenvalue weighted by molar-refractivity contribution is -0.118. The molecule has 2 rings (SSSR count). The maximum absolute atomic E-state index is 12.2. The van der Waals surface area contributed by atoms with Gasteiger partial charge in [0.1, 0.15) is 0 Å². The molecule has 1 heterocycles. The van der Waals surface area contributed by atoms with Crippen LogP contribution in [0.5, 0.6) is 0 Å². The molecule has 0 atom stereocenters. The van der Waals surface area contributed by atoms with Gasteiger partial charge in [-0.05, 0) is 19.1 Å². The number of benzene rings is 1. The van der Waals surface area contributed by atoms with Crippen LogP contribution in [0.2, 0.25) is 0 Å². The van der Waals surface area contributed by atoms with E-state index >= 15 is 0 Å². The number of rotatable bonds is 5. The fourth-order valence-corrected chi connectivity index (χ4v) is 2.99. The Morgan fingerprint density at radius 2 is 2.19 bits per heavy atom. The third kappa shape index (κ3) is 3.86. The lowest BCUT2D eigenvalue weighted by Crippen LogP contribution is -2.32. The first-order chi connectivity index (χ1) is 10.1. The first-order valence-electron chi connectivity index (χ1n) is 6.75. The summed E-state index contributed by atoms with van der Waals surface area (Å²) in [4.78, 5) is 27.0. The Morgan fingerprint density at radius 3 is 2.95 bits per heavy atom. The molecule has 1 aromatic rings. The second-order valence-corrected chi connectivity index (χ2v) is 5.51. The standard InChI is InChI=1S/C15H18N2O3S/c1-3-20-9-8-16-14(18)10-13-15(19)17(2)11-6-4-5-7-12(11)21-13/h4-7,10H,3,8-9H2,1-2H3,(H,16,18). The molecule has 1 N–H and O–H groups in total. The SMILES string of the molecule is CCOCCNC(=O)C=C1Sc2ccccc2N(C)C1=O. The Bertz CT molecular complexity index is 572. The quantitative estimate of drug-likeness (QED) is 0.665. The molecular formula is C15H18N2O3S. The van der Waals surface area contributed by atoms with Gasteiger partial charge in [0.05, 0.1) is 17.2 Å². The van der Waals surface area contributed by atoms with Crippen LogP contribution in [0.15, 0.2) is 40.1 Å². The van der Waals surface area contributed by atoms with E-state index in [0.29, 0.717) is 24.7 Å². The van der Waals surface area contributed by atoms with Crippen molar-refractivity contribution in [2.24, 2.45) is 0 Å². The van der Waals surface area contributed by atoms with Crippen LogP contribution in [-0.2, 0) is 14.3 Å². The number of fused-ring (bicyclic) bond motifs is 1. The summed E-state index contributed by atoms with van der Waals surface area (Å²) in [5.74, 6) is -0.447. The molecule has 2 amide bonds. The van der Waals surface area contributed by atoms with Gasteiger partial charge in [-0.15, -0.1) is 0 Å². The number of anilines is 1. The molecule has 0 spiro atoms. The summed E-state index contributed by atoms with van der Waals surface area (Å²) >= 11 is 1.32. The minimum Gasteiger partial charge on any atom is -0.380 e. The highest BCUT2D eigenvalue weighted by Crippen LogP contribution is 2.40. The van der Waals surface area contributed by atoms with Crippen LogP contribution in [-0.4, -0.2) is 38.6 Å². The number of nitrogens with zero attached hydrogens (tertiary/aromatic N) is 1. The molecule has 1 aromatic carbocycles. The predicted octanol–water partition coefficient (Wildman–Crippen LogP) is 1.79. The lowest BCUT2D eigenvalue weighted by atomic mass is 10.2. The average Bonchev–Trinajstić information content (AvgIpc) is 2.49. The van der Waals surface area contributed by atoms with E-state index < -0.39 is 0 Å². The highest BCUT2D eigenvalue weighted by atomic mass is 32.2. The van der Waals surface area contributed by atoms with Crippen LogP contribution in [0.25, 0.3) is 0 Å². The number of carbonyl (C=O) groups excluding carboxylic acids is 2. The summed E-state index contributed by atoms with van der Waals surface area (Å²) in [6.45, 7) is 3.41. The number of carbonyl (C=O) groups is 2. The van der Waals surface area contributed by atoms with Crippen molar-refractivity contribution in [1.29, 1.82) is 0 Å². The molecule has 0 radical (unpaired) electrons. The van der Waals surface area contributed by atoms with E-state index in [4.69, 9.17) is 4.74 Å². The van der Waals surface area contributed by atoms with Crippen LogP contribution in [0.3, 0.4) is 0 Å². The number of nitrogens with one attached hydrogen (secondary N) is 1. The first kappa shape index (κ1) is 15.6. The summed E-state index contributed by atoms with van der Waals surface area (Å²) < 4.78 is 5.14. The maximum Gasteiger partial charge on any atom is 0.265 e. The van der Waals surface area contributed by atoms with Crippen molar-refractivity contribution in [1.82, 2.24) is 5.32 Å². The Morgan fingerprint density at radius 1 is 1.43 bits per heavy atom. The number of para-hydroxylation sites is 1. The van der Waals surface area contributed by atoms with Crippen molar-refractivity contribution in [2.45, 2.75) is 11.8 Å². The second-order valence-electron chi connectivity index (χ2n) is 4.43. The van der Waals surface area contributed by atoms with E-state index in [2.05, 4.69) is 5.32 Å². The molecule has 0 saturated carbocycles. The van der Waals surface area contributed by atoms with Crippen LogP contribution < -0.4 is 10.2 Å². The van der Waals surface area contributed by atoms with E-state index in [1.54, 1.807) is 11.9 Å². The van der Waals surface area contributed by atoms with Crippen molar-refractivity contribution < 1.29 is 14.3 Å². The molecule has 1 aliphatic rings. The molecule has 0 unspecified atom stereocenters. The van der Waals surface area contributed by atoms with Crippen molar-refractivity contribution in [3.8, 4) is 0 Å². The Labute approximate surface area is 128 Å². The van der Waals surface area contributed by atoms with E-state index in [0.717, 1.165) is 10.6 Å². The minimum atomic E-state index is -0.279. The zero-order valence-electron chi connectivity index (χ0n) is 12.1. The van der Waals surface area contributed by atoms with Crippen molar-refractivity contribution in [3.63, 3.8) is 0 Å². The minimum absolute atomic E-state index is 0.168. The van der Waals surface area contributed by atoms with Crippen LogP contribution >= 0.6 is 11.8 Å². The van der Waals surface area contributed by atoms with Gasteiger partial charge < -0.3 is 15.0 Å². The maximum atomic E-state index is 12.2. The van der Waals surface area contributed by atoms with Gasteiger partial charge in [0.2, 0.25) is 5.91 Å². The van der Waals surface area contributed by atoms with Gasteiger partial charge in [-0.2, -0.15) is 0 Å². The molecule has 6 heteroatoms. The summed E-state index contributed by atoms with van der Waals surface area (Å²) in [6.07, 6.45) is 1.35. The molecule has 0 aromatic heterocycles. The zero-order valence-corrected chi connectivity index (χ0v) is 12.9. The van der Waals surface area contributed by atoms with Gasteiger partial charge in [0.25, 0.3) is 5.91 Å². The average molecular weight is 306 g/mol. The first-order valence-corrected chi connectivity index (χ1v) is 7.57. The lowest BCUT2D eigenvalue weighted by Gasteiger charge is -2.26. The number of amides is 2. The largest absolute Gasteiger partial charge is 0.380 e. The van der Waals surface area contributed by atoms with Gasteiger partial charge in [-0.3, -0.25) is 9.59 Å². The summed E-state index contributed by atoms with van der Waals surface area (Å²) in [6, 6.07) is 7.62. The topological polar surface area (TPSA) is 58.6 Å². The number of ether oxygens (including phenoxy) is 1. The highest BCUT2D eigenvalue weighted by molar-refractivity contribution is 8.04. The molecule has 0 fully saturated rings. The van der Waals surface area contributed by atoms with Crippen LogP contribution in [0.4, 0.5) is 5.69 Å². The normalized spacial score (nSPS) is 16.0. The second kappa shape index (κ2) is 7.28. The molecule has 21 heavy (non-hydrogen) atoms. The molecular weight excluding hydrogens is 288 g/mol. The zero-order chi connectivity index (χ0) is 15.2. The number of thioether (sulfide) groups is 1. The van der Waals surface area contributed by atoms with E-state index in [-0.39, 0.29) is 11.8 Å². The van der Waals surface area contributed by atoms with Gasteiger partial charge in [0, 0.05) is 31.2 Å². The van der Waals surface area contributed by atoms with Crippen molar-refractivity contribution in [3.05, 3.63) is 35.2 Å². The number of hydrogen-bond donors (Lipinski definition) is 1. The monoisotopic (exact) mass is 306 g/mol. The molecule has 112 valence electrons. The molecule has 0 saturated heterocycles. The molecule has 0 aliphatic carbocycles. The third-order valence-corrected chi connectivity index (χ3v) is 4.05. The van der Waals surface area contributed by atoms with Crippen LogP contribution in [0, 0.1) is 0 Å². The number of likely N-dealkylation sites (N-methyl/N-ethyl adjacent to an activating group) is 1. The molecule has 5 nitrogen and oxygen atoms in total. The van der Waals surface area contributed by atoms with E-state index in [1.165, 1.54) is 17.8 Å². The van der Waals surface area contributed by atoms with Gasteiger partial charge in [0.15, 0.2) is 0 Å². The van der Waals surface area contributed by atoms with Crippen molar-refractivity contribution in [2.75, 3.05) is 31.7 Å². The Hall–Kier alpha value is -1.79. The highest BCUT2D eigenvalue weighted by Gasteiger charge is 2.26. The van der Waals surface area contributed by atoms with Gasteiger partial charge in [-0.1, -0.05) is 23.9 Å². The smallest absolute Gasteiger partial charge is 0.265 e. The fraction of sp³-hybridized carbons (Fsp3) is 0.333.